The zero-order chi connectivity index (χ0) is 14.1. The van der Waals surface area contributed by atoms with E-state index in [4.69, 9.17) is 5.73 Å². The van der Waals surface area contributed by atoms with Gasteiger partial charge in [-0.05, 0) is 44.0 Å². The number of halogens is 1. The van der Waals surface area contributed by atoms with Crippen molar-refractivity contribution in [2.24, 2.45) is 5.73 Å². The molecule has 0 saturated carbocycles. The number of amides is 1. The molecule has 2 saturated heterocycles. The van der Waals surface area contributed by atoms with Gasteiger partial charge in [-0.25, -0.2) is 4.39 Å². The molecule has 20 heavy (non-hydrogen) atoms. The van der Waals surface area contributed by atoms with Crippen molar-refractivity contribution in [2.45, 2.75) is 37.8 Å². The van der Waals surface area contributed by atoms with Gasteiger partial charge in [0.1, 0.15) is 5.82 Å². The quantitative estimate of drug-likeness (QED) is 0.888. The lowest BCUT2D eigenvalue weighted by atomic mass is 9.98. The minimum absolute atomic E-state index is 0.257. The summed E-state index contributed by atoms with van der Waals surface area (Å²) >= 11 is 0. The first-order chi connectivity index (χ1) is 9.65. The second kappa shape index (κ2) is 5.40. The zero-order valence-electron chi connectivity index (χ0n) is 11.4. The minimum Gasteiger partial charge on any atom is -0.378 e. The lowest BCUT2D eigenvalue weighted by molar-refractivity contribution is 0.100. The van der Waals surface area contributed by atoms with Crippen molar-refractivity contribution in [1.29, 1.82) is 0 Å². The zero-order valence-corrected chi connectivity index (χ0v) is 11.4. The van der Waals surface area contributed by atoms with Gasteiger partial charge in [0.15, 0.2) is 0 Å². The molecule has 2 aliphatic heterocycles. The maximum atomic E-state index is 13.9. The molecule has 0 radical (unpaired) electrons. The first-order valence-electron chi connectivity index (χ1n) is 7.25. The number of hydrogen-bond donors (Lipinski definition) is 2. The monoisotopic (exact) mass is 277 g/mol. The molecule has 0 bridgehead atoms. The van der Waals surface area contributed by atoms with Gasteiger partial charge < -0.3 is 11.1 Å². The summed E-state index contributed by atoms with van der Waals surface area (Å²) in [5, 5.41) is 3.28. The summed E-state index contributed by atoms with van der Waals surface area (Å²) in [6, 6.07) is 4.98. The summed E-state index contributed by atoms with van der Waals surface area (Å²) < 4.78 is 13.9. The number of nitrogens with two attached hydrogens (primary N) is 1. The SMILES string of the molecule is NC(=O)c1ccc(F)c(NC2CCN3CCCCC23)c1. The Bertz CT molecular complexity index is 520. The first kappa shape index (κ1) is 13.4. The largest absolute Gasteiger partial charge is 0.378 e. The fourth-order valence-corrected chi connectivity index (χ4v) is 3.40. The van der Waals surface area contributed by atoms with E-state index < -0.39 is 5.91 Å². The van der Waals surface area contributed by atoms with Crippen LogP contribution < -0.4 is 11.1 Å². The number of anilines is 1. The molecular formula is C15H20FN3O. The van der Waals surface area contributed by atoms with Crippen LogP contribution in [0.25, 0.3) is 0 Å². The van der Waals surface area contributed by atoms with Crippen LogP contribution in [0.4, 0.5) is 10.1 Å². The van der Waals surface area contributed by atoms with Crippen molar-refractivity contribution in [3.63, 3.8) is 0 Å². The number of carbonyl (C=O) groups is 1. The van der Waals surface area contributed by atoms with Gasteiger partial charge in [0.25, 0.3) is 0 Å². The molecule has 108 valence electrons. The van der Waals surface area contributed by atoms with E-state index >= 15 is 0 Å². The lowest BCUT2D eigenvalue weighted by Gasteiger charge is -2.33. The Balaban J connectivity index is 1.77. The number of carbonyl (C=O) groups excluding carboxylic acids is 1. The lowest BCUT2D eigenvalue weighted by Crippen LogP contribution is -2.41. The predicted octanol–water partition coefficient (Wildman–Crippen LogP) is 1.96. The van der Waals surface area contributed by atoms with Gasteiger partial charge in [-0.1, -0.05) is 6.42 Å². The summed E-state index contributed by atoms with van der Waals surface area (Å²) in [4.78, 5) is 13.7. The van der Waals surface area contributed by atoms with Gasteiger partial charge in [0.2, 0.25) is 5.91 Å². The van der Waals surface area contributed by atoms with Gasteiger partial charge in [0.05, 0.1) is 5.69 Å². The molecule has 3 rings (SSSR count). The van der Waals surface area contributed by atoms with Crippen LogP contribution in [0.15, 0.2) is 18.2 Å². The van der Waals surface area contributed by atoms with Crippen molar-refractivity contribution in [3.8, 4) is 0 Å². The Labute approximate surface area is 118 Å². The van der Waals surface area contributed by atoms with E-state index in [0.29, 0.717) is 17.3 Å². The molecule has 2 heterocycles. The third kappa shape index (κ3) is 2.50. The van der Waals surface area contributed by atoms with Crippen molar-refractivity contribution < 1.29 is 9.18 Å². The van der Waals surface area contributed by atoms with Crippen LogP contribution >= 0.6 is 0 Å². The average Bonchev–Trinajstić information content (AvgIpc) is 2.84. The number of benzene rings is 1. The van der Waals surface area contributed by atoms with Crippen LogP contribution in [-0.2, 0) is 0 Å². The van der Waals surface area contributed by atoms with E-state index in [1.54, 1.807) is 0 Å². The number of nitrogens with zero attached hydrogens (tertiary/aromatic N) is 1. The maximum absolute atomic E-state index is 13.9. The molecule has 0 aromatic heterocycles. The summed E-state index contributed by atoms with van der Waals surface area (Å²) in [5.74, 6) is -0.858. The molecule has 5 heteroatoms. The predicted molar refractivity (Wildman–Crippen MR) is 76.2 cm³/mol. The van der Waals surface area contributed by atoms with E-state index in [1.807, 2.05) is 0 Å². The van der Waals surface area contributed by atoms with Crippen molar-refractivity contribution >= 4 is 11.6 Å². The van der Waals surface area contributed by atoms with Gasteiger partial charge >= 0.3 is 0 Å². The van der Waals surface area contributed by atoms with Gasteiger partial charge in [-0.15, -0.1) is 0 Å². The van der Waals surface area contributed by atoms with Crippen molar-refractivity contribution in [1.82, 2.24) is 4.90 Å². The van der Waals surface area contributed by atoms with E-state index in [-0.39, 0.29) is 11.9 Å². The fourth-order valence-electron chi connectivity index (χ4n) is 3.40. The Kier molecular flexibility index (Phi) is 3.61. The molecule has 3 N–H and O–H groups in total. The standard InChI is InChI=1S/C15H20FN3O/c16-11-5-4-10(15(17)20)9-13(11)18-12-6-8-19-7-2-1-3-14(12)19/h4-5,9,12,14,18H,1-3,6-8H2,(H2,17,20). The summed E-state index contributed by atoms with van der Waals surface area (Å²) in [6.07, 6.45) is 4.68. The van der Waals surface area contributed by atoms with Gasteiger partial charge in [0, 0.05) is 24.2 Å². The number of hydrogen-bond acceptors (Lipinski definition) is 3. The number of primary amides is 1. The van der Waals surface area contributed by atoms with Crippen LogP contribution in [0.5, 0.6) is 0 Å². The second-order valence-corrected chi connectivity index (χ2v) is 5.70. The van der Waals surface area contributed by atoms with Crippen molar-refractivity contribution in [2.75, 3.05) is 18.4 Å². The third-order valence-electron chi connectivity index (χ3n) is 4.45. The molecular weight excluding hydrogens is 257 g/mol. The highest BCUT2D eigenvalue weighted by molar-refractivity contribution is 5.93. The normalized spacial score (nSPS) is 26.2. The summed E-state index contributed by atoms with van der Waals surface area (Å²) in [7, 11) is 0. The Morgan fingerprint density at radius 3 is 2.95 bits per heavy atom. The smallest absolute Gasteiger partial charge is 0.248 e. The fraction of sp³-hybridized carbons (Fsp3) is 0.533. The molecule has 4 nitrogen and oxygen atoms in total. The Hall–Kier alpha value is -1.62. The van der Waals surface area contributed by atoms with Crippen molar-refractivity contribution in [3.05, 3.63) is 29.6 Å². The van der Waals surface area contributed by atoms with E-state index in [1.165, 1.54) is 31.0 Å². The molecule has 1 aromatic carbocycles. The topological polar surface area (TPSA) is 58.4 Å². The number of piperidine rings is 1. The summed E-state index contributed by atoms with van der Waals surface area (Å²) in [5.41, 5.74) is 5.98. The molecule has 2 unspecified atom stereocenters. The second-order valence-electron chi connectivity index (χ2n) is 5.70. The first-order valence-corrected chi connectivity index (χ1v) is 7.25. The van der Waals surface area contributed by atoms with Gasteiger partial charge in [-0.3, -0.25) is 9.69 Å². The molecule has 1 aromatic rings. The molecule has 2 atom stereocenters. The van der Waals surface area contributed by atoms with Crippen LogP contribution in [0, 0.1) is 5.82 Å². The van der Waals surface area contributed by atoms with Gasteiger partial charge in [-0.2, -0.15) is 0 Å². The highest BCUT2D eigenvalue weighted by atomic mass is 19.1. The molecule has 0 spiro atoms. The van der Waals surface area contributed by atoms with Crippen LogP contribution in [0.2, 0.25) is 0 Å². The van der Waals surface area contributed by atoms with Crippen LogP contribution in [-0.4, -0.2) is 36.0 Å². The maximum Gasteiger partial charge on any atom is 0.248 e. The van der Waals surface area contributed by atoms with Crippen LogP contribution in [0.1, 0.15) is 36.0 Å². The Morgan fingerprint density at radius 1 is 1.30 bits per heavy atom. The Morgan fingerprint density at radius 2 is 2.15 bits per heavy atom. The highest BCUT2D eigenvalue weighted by Crippen LogP contribution is 2.30. The molecule has 1 amide bonds. The van der Waals surface area contributed by atoms with E-state index in [2.05, 4.69) is 10.2 Å². The number of rotatable bonds is 3. The number of nitrogens with one attached hydrogen (secondary N) is 1. The molecule has 2 fully saturated rings. The highest BCUT2D eigenvalue weighted by Gasteiger charge is 2.35. The minimum atomic E-state index is -0.529. The third-order valence-corrected chi connectivity index (χ3v) is 4.45. The average molecular weight is 277 g/mol. The molecule has 0 aliphatic carbocycles. The van der Waals surface area contributed by atoms with E-state index in [0.717, 1.165) is 25.9 Å². The van der Waals surface area contributed by atoms with Crippen LogP contribution in [0.3, 0.4) is 0 Å². The van der Waals surface area contributed by atoms with E-state index in [9.17, 15) is 9.18 Å². The summed E-state index contributed by atoms with van der Waals surface area (Å²) in [6.45, 7) is 2.21. The number of fused-ring (bicyclic) bond motifs is 1. The molecule has 2 aliphatic rings.